The zero-order valence-electron chi connectivity index (χ0n) is 14.5. The van der Waals surface area contributed by atoms with Crippen LogP contribution in [0.15, 0.2) is 0 Å². The van der Waals surface area contributed by atoms with Gasteiger partial charge in [0, 0.05) is 31.2 Å². The third-order valence-electron chi connectivity index (χ3n) is 5.42. The molecular formula is C18H36N2O. The molecule has 0 aliphatic heterocycles. The zero-order valence-corrected chi connectivity index (χ0v) is 14.5. The van der Waals surface area contributed by atoms with Crippen molar-refractivity contribution in [2.45, 2.75) is 83.7 Å². The largest absolute Gasteiger partial charge is 0.395 e. The maximum absolute atomic E-state index is 9.42. The number of nitrogens with one attached hydrogen (secondary N) is 1. The molecule has 0 aromatic rings. The van der Waals surface area contributed by atoms with E-state index in [1.165, 1.54) is 57.9 Å². The molecule has 2 N–H and O–H groups in total. The summed E-state index contributed by atoms with van der Waals surface area (Å²) in [6, 6.07) is 0.741. The molecule has 0 unspecified atom stereocenters. The first-order valence-corrected chi connectivity index (χ1v) is 9.04. The molecule has 2 aliphatic rings. The van der Waals surface area contributed by atoms with Crippen LogP contribution in [-0.2, 0) is 0 Å². The molecule has 3 heteroatoms. The Balaban J connectivity index is 1.99. The molecule has 2 saturated carbocycles. The molecular weight excluding hydrogens is 260 g/mol. The molecule has 2 fully saturated rings. The summed E-state index contributed by atoms with van der Waals surface area (Å²) in [7, 11) is 0. The van der Waals surface area contributed by atoms with Gasteiger partial charge < -0.3 is 10.4 Å². The quantitative estimate of drug-likeness (QED) is 0.757. The van der Waals surface area contributed by atoms with Crippen molar-refractivity contribution in [2.75, 3.05) is 26.2 Å². The standard InChI is InChI=1S/C18H36N2O/c1-17(2,3)19-14-18(10-5-4-6-11-18)15-20(12-13-21)16-8-7-9-16/h16,19,21H,4-15H2,1-3H3. The zero-order chi connectivity index (χ0) is 15.3. The summed E-state index contributed by atoms with van der Waals surface area (Å²) in [6.07, 6.45) is 10.9. The molecule has 0 bridgehead atoms. The first kappa shape index (κ1) is 17.2. The Bertz CT molecular complexity index is 301. The normalized spacial score (nSPS) is 23.3. The second-order valence-corrected chi connectivity index (χ2v) is 8.44. The van der Waals surface area contributed by atoms with E-state index in [2.05, 4.69) is 31.0 Å². The second kappa shape index (κ2) is 7.43. The molecule has 0 spiro atoms. The van der Waals surface area contributed by atoms with Crippen LogP contribution in [0.5, 0.6) is 0 Å². The van der Waals surface area contributed by atoms with Gasteiger partial charge in [0.1, 0.15) is 0 Å². The number of nitrogens with zero attached hydrogens (tertiary/aromatic N) is 1. The maximum atomic E-state index is 9.42. The van der Waals surface area contributed by atoms with Crippen molar-refractivity contribution < 1.29 is 5.11 Å². The summed E-state index contributed by atoms with van der Waals surface area (Å²) < 4.78 is 0. The molecule has 124 valence electrons. The van der Waals surface area contributed by atoms with Crippen LogP contribution in [0, 0.1) is 5.41 Å². The van der Waals surface area contributed by atoms with E-state index in [1.54, 1.807) is 0 Å². The van der Waals surface area contributed by atoms with Crippen LogP contribution in [0.4, 0.5) is 0 Å². The van der Waals surface area contributed by atoms with Gasteiger partial charge in [0.05, 0.1) is 6.61 Å². The summed E-state index contributed by atoms with van der Waals surface area (Å²) in [5, 5.41) is 13.2. The van der Waals surface area contributed by atoms with Gasteiger partial charge in [-0.3, -0.25) is 4.90 Å². The molecule has 2 aliphatic carbocycles. The highest BCUT2D eigenvalue weighted by molar-refractivity contribution is 4.92. The minimum atomic E-state index is 0.197. The Kier molecular flexibility index (Phi) is 6.10. The molecule has 0 radical (unpaired) electrons. The number of hydrogen-bond donors (Lipinski definition) is 2. The number of aliphatic hydroxyl groups is 1. The Morgan fingerprint density at radius 3 is 2.24 bits per heavy atom. The van der Waals surface area contributed by atoms with E-state index in [1.807, 2.05) is 0 Å². The lowest BCUT2D eigenvalue weighted by Crippen LogP contribution is -2.53. The molecule has 3 nitrogen and oxygen atoms in total. The van der Waals surface area contributed by atoms with Gasteiger partial charge in [-0.05, 0) is 51.9 Å². The molecule has 0 heterocycles. The highest BCUT2D eigenvalue weighted by atomic mass is 16.3. The van der Waals surface area contributed by atoms with Crippen LogP contribution in [0.25, 0.3) is 0 Å². The average Bonchev–Trinajstić information content (AvgIpc) is 2.35. The number of hydrogen-bond acceptors (Lipinski definition) is 3. The molecule has 0 aromatic carbocycles. The van der Waals surface area contributed by atoms with Gasteiger partial charge in [-0.25, -0.2) is 0 Å². The Morgan fingerprint density at radius 1 is 1.10 bits per heavy atom. The molecule has 0 saturated heterocycles. The van der Waals surface area contributed by atoms with Gasteiger partial charge >= 0.3 is 0 Å². The predicted octanol–water partition coefficient (Wildman–Crippen LogP) is 3.17. The van der Waals surface area contributed by atoms with Crippen LogP contribution in [0.3, 0.4) is 0 Å². The van der Waals surface area contributed by atoms with Crippen molar-refractivity contribution in [2.24, 2.45) is 5.41 Å². The molecule has 0 atom stereocenters. The summed E-state index contributed by atoms with van der Waals surface area (Å²) in [6.45, 7) is 10.3. The van der Waals surface area contributed by atoms with E-state index < -0.39 is 0 Å². The fraction of sp³-hybridized carbons (Fsp3) is 1.00. The van der Waals surface area contributed by atoms with E-state index >= 15 is 0 Å². The SMILES string of the molecule is CC(C)(C)NCC1(CN(CCO)C2CCC2)CCCCC1. The summed E-state index contributed by atoms with van der Waals surface area (Å²) in [5.74, 6) is 0. The molecule has 2 rings (SSSR count). The van der Waals surface area contributed by atoms with Crippen LogP contribution in [0.1, 0.15) is 72.1 Å². The fourth-order valence-corrected chi connectivity index (χ4v) is 3.85. The molecule has 21 heavy (non-hydrogen) atoms. The van der Waals surface area contributed by atoms with E-state index in [-0.39, 0.29) is 5.54 Å². The first-order chi connectivity index (χ1) is 9.94. The van der Waals surface area contributed by atoms with Gasteiger partial charge in [-0.2, -0.15) is 0 Å². The first-order valence-electron chi connectivity index (χ1n) is 9.04. The van der Waals surface area contributed by atoms with Crippen molar-refractivity contribution in [3.05, 3.63) is 0 Å². The van der Waals surface area contributed by atoms with Crippen LogP contribution in [-0.4, -0.2) is 47.8 Å². The minimum absolute atomic E-state index is 0.197. The van der Waals surface area contributed by atoms with Crippen LogP contribution < -0.4 is 5.32 Å². The number of rotatable bonds is 7. The van der Waals surface area contributed by atoms with Crippen molar-refractivity contribution in [3.63, 3.8) is 0 Å². The summed E-state index contributed by atoms with van der Waals surface area (Å²) >= 11 is 0. The Labute approximate surface area is 131 Å². The minimum Gasteiger partial charge on any atom is -0.395 e. The highest BCUT2D eigenvalue weighted by Gasteiger charge is 2.37. The van der Waals surface area contributed by atoms with E-state index in [0.717, 1.165) is 19.1 Å². The van der Waals surface area contributed by atoms with Gasteiger partial charge in [0.25, 0.3) is 0 Å². The second-order valence-electron chi connectivity index (χ2n) is 8.44. The third kappa shape index (κ3) is 5.22. The van der Waals surface area contributed by atoms with Gasteiger partial charge in [0.15, 0.2) is 0 Å². The van der Waals surface area contributed by atoms with Gasteiger partial charge in [-0.1, -0.05) is 25.7 Å². The van der Waals surface area contributed by atoms with E-state index in [0.29, 0.717) is 12.0 Å². The van der Waals surface area contributed by atoms with Crippen LogP contribution >= 0.6 is 0 Å². The maximum Gasteiger partial charge on any atom is 0.0558 e. The van der Waals surface area contributed by atoms with Gasteiger partial charge in [-0.15, -0.1) is 0 Å². The number of aliphatic hydroxyl groups excluding tert-OH is 1. The molecule has 0 aromatic heterocycles. The van der Waals surface area contributed by atoms with Crippen molar-refractivity contribution >= 4 is 0 Å². The highest BCUT2D eigenvalue weighted by Crippen LogP contribution is 2.38. The predicted molar refractivity (Wildman–Crippen MR) is 89.6 cm³/mol. The topological polar surface area (TPSA) is 35.5 Å². The average molecular weight is 296 g/mol. The monoisotopic (exact) mass is 296 g/mol. The summed E-state index contributed by atoms with van der Waals surface area (Å²) in [4.78, 5) is 2.60. The third-order valence-corrected chi connectivity index (χ3v) is 5.42. The van der Waals surface area contributed by atoms with Crippen molar-refractivity contribution in [1.29, 1.82) is 0 Å². The smallest absolute Gasteiger partial charge is 0.0558 e. The van der Waals surface area contributed by atoms with Crippen molar-refractivity contribution in [1.82, 2.24) is 10.2 Å². The fourth-order valence-electron chi connectivity index (χ4n) is 3.85. The van der Waals surface area contributed by atoms with Gasteiger partial charge in [0.2, 0.25) is 0 Å². The van der Waals surface area contributed by atoms with Crippen LogP contribution in [0.2, 0.25) is 0 Å². The molecule has 0 amide bonds. The lowest BCUT2D eigenvalue weighted by molar-refractivity contribution is 0.0319. The lowest BCUT2D eigenvalue weighted by atomic mass is 9.72. The Morgan fingerprint density at radius 2 is 1.76 bits per heavy atom. The Hall–Kier alpha value is -0.120. The van der Waals surface area contributed by atoms with E-state index in [4.69, 9.17) is 0 Å². The van der Waals surface area contributed by atoms with Crippen molar-refractivity contribution in [3.8, 4) is 0 Å². The lowest BCUT2D eigenvalue weighted by Gasteiger charge is -2.47. The van der Waals surface area contributed by atoms with E-state index in [9.17, 15) is 5.11 Å². The summed E-state index contributed by atoms with van der Waals surface area (Å²) in [5.41, 5.74) is 0.624.